The lowest BCUT2D eigenvalue weighted by Crippen LogP contribution is -2.23. The molecule has 1 heterocycles. The number of nitrogen functional groups attached to an aromatic ring is 1. The molecule has 0 fully saturated rings. The SMILES string of the molecule is [2H]c1sc(N)nc1CC(=O)Nc1c([2H])c([2H])c(CCNC([2H])([2H])[C@@H](O)c2ccccc2)c([2H])c1[2H]. The largest absolute Gasteiger partial charge is 0.387 e. The van der Waals surface area contributed by atoms with Gasteiger partial charge in [0.1, 0.15) is 0 Å². The number of rotatable bonds is 9. The lowest BCUT2D eigenvalue weighted by atomic mass is 10.1. The Labute approximate surface area is 178 Å². The maximum absolute atomic E-state index is 12.4. The average molecular weight is 404 g/mol. The second kappa shape index (κ2) is 9.98. The molecular formula is C21H24N4O2S. The van der Waals surface area contributed by atoms with Gasteiger partial charge in [-0.15, -0.1) is 11.3 Å². The molecule has 0 radical (unpaired) electrons. The van der Waals surface area contributed by atoms with Crippen LogP contribution in [0.1, 0.15) is 32.5 Å². The van der Waals surface area contributed by atoms with Crippen molar-refractivity contribution in [1.82, 2.24) is 10.3 Å². The van der Waals surface area contributed by atoms with E-state index in [1.165, 1.54) is 0 Å². The number of benzene rings is 2. The molecule has 28 heavy (non-hydrogen) atoms. The van der Waals surface area contributed by atoms with Crippen LogP contribution in [0.5, 0.6) is 0 Å². The third kappa shape index (κ3) is 6.16. The standard InChI is InChI=1S/C21H24N4O2S/c22-21-25-18(14-28-21)12-20(27)24-17-8-6-15(7-9-17)10-11-23-13-19(26)16-4-2-1-3-5-16/h1-9,14,19,23,26H,10-13H2,(H2,22,25)(H,24,27)/t19-/m1/s1/i6D,7D,8D,9D,13D2,14D. The van der Waals surface area contributed by atoms with Gasteiger partial charge in [-0.05, 0) is 36.2 Å². The number of thiazole rings is 1. The molecule has 0 aliphatic rings. The van der Waals surface area contributed by atoms with Crippen LogP contribution in [0.3, 0.4) is 0 Å². The number of aliphatic hydroxyl groups is 1. The van der Waals surface area contributed by atoms with Gasteiger partial charge in [0.05, 0.1) is 25.1 Å². The first-order valence-corrected chi connectivity index (χ1v) is 9.33. The fourth-order valence-electron chi connectivity index (χ4n) is 2.30. The van der Waals surface area contributed by atoms with Gasteiger partial charge < -0.3 is 21.5 Å². The predicted octanol–water partition coefficient (Wildman–Crippen LogP) is 2.77. The van der Waals surface area contributed by atoms with Crippen molar-refractivity contribution in [3.05, 3.63) is 76.7 Å². The summed E-state index contributed by atoms with van der Waals surface area (Å²) in [5.74, 6) is -0.665. The normalized spacial score (nSPS) is 16.0. The Morgan fingerprint density at radius 1 is 1.29 bits per heavy atom. The lowest BCUT2D eigenvalue weighted by Gasteiger charge is -2.12. The van der Waals surface area contributed by atoms with Gasteiger partial charge in [0, 0.05) is 20.3 Å². The number of nitrogens with two attached hydrogens (primary N) is 1. The summed E-state index contributed by atoms with van der Waals surface area (Å²) in [5.41, 5.74) is 5.80. The van der Waals surface area contributed by atoms with Crippen molar-refractivity contribution in [2.45, 2.75) is 18.9 Å². The molecule has 0 aliphatic carbocycles. The molecule has 7 heteroatoms. The molecule has 0 saturated heterocycles. The summed E-state index contributed by atoms with van der Waals surface area (Å²) in [6, 6.07) is 6.64. The number of aliphatic hydroxyl groups excluding tert-OH is 1. The second-order valence-electron chi connectivity index (χ2n) is 5.81. The van der Waals surface area contributed by atoms with E-state index in [2.05, 4.69) is 15.6 Å². The minimum absolute atomic E-state index is 0.0253. The van der Waals surface area contributed by atoms with Crippen molar-refractivity contribution in [3.8, 4) is 0 Å². The van der Waals surface area contributed by atoms with Gasteiger partial charge in [-0.3, -0.25) is 4.79 Å². The minimum Gasteiger partial charge on any atom is -0.387 e. The van der Waals surface area contributed by atoms with Crippen LogP contribution in [0.2, 0.25) is 0 Å². The molecule has 3 aromatic rings. The van der Waals surface area contributed by atoms with Crippen molar-refractivity contribution < 1.29 is 19.5 Å². The maximum atomic E-state index is 12.4. The molecule has 2 aromatic carbocycles. The summed E-state index contributed by atoms with van der Waals surface area (Å²) in [6.07, 6.45) is -1.82. The summed E-state index contributed by atoms with van der Waals surface area (Å²) in [5, 5.41) is 15.5. The van der Waals surface area contributed by atoms with Gasteiger partial charge >= 0.3 is 0 Å². The summed E-state index contributed by atoms with van der Waals surface area (Å²) in [4.78, 5) is 16.3. The van der Waals surface area contributed by atoms with Gasteiger partial charge in [-0.1, -0.05) is 42.4 Å². The number of amides is 1. The zero-order chi connectivity index (χ0) is 25.9. The highest BCUT2D eigenvalue weighted by Gasteiger charge is 2.08. The van der Waals surface area contributed by atoms with Crippen molar-refractivity contribution in [2.75, 3.05) is 24.1 Å². The third-order valence-corrected chi connectivity index (χ3v) is 4.28. The molecule has 1 amide bonds. The number of hydrogen-bond acceptors (Lipinski definition) is 6. The molecule has 1 aromatic heterocycles. The maximum Gasteiger partial charge on any atom is 0.230 e. The lowest BCUT2D eigenvalue weighted by molar-refractivity contribution is -0.115. The first-order chi connectivity index (χ1) is 16.4. The van der Waals surface area contributed by atoms with Gasteiger partial charge in [0.15, 0.2) is 5.13 Å². The highest BCUT2D eigenvalue weighted by Crippen LogP contribution is 2.14. The van der Waals surface area contributed by atoms with E-state index < -0.39 is 30.6 Å². The number of nitrogens with one attached hydrogen (secondary N) is 2. The van der Waals surface area contributed by atoms with E-state index in [-0.39, 0.29) is 58.9 Å². The monoisotopic (exact) mass is 403 g/mol. The van der Waals surface area contributed by atoms with Crippen LogP contribution in [0.4, 0.5) is 10.8 Å². The van der Waals surface area contributed by atoms with Crippen molar-refractivity contribution >= 4 is 28.1 Å². The molecule has 0 saturated carbocycles. The summed E-state index contributed by atoms with van der Waals surface area (Å²) < 4.78 is 56.9. The molecule has 146 valence electrons. The number of hydrogen-bond donors (Lipinski definition) is 4. The van der Waals surface area contributed by atoms with Crippen LogP contribution < -0.4 is 16.4 Å². The fraction of sp³-hybridized carbons (Fsp3) is 0.238. The molecule has 5 N–H and O–H groups in total. The molecular weight excluding hydrogens is 372 g/mol. The first-order valence-electron chi connectivity index (χ1n) is 12.0. The minimum atomic E-state index is -2.21. The topological polar surface area (TPSA) is 100 Å². The van der Waals surface area contributed by atoms with E-state index in [1.807, 2.05) is 0 Å². The molecule has 0 bridgehead atoms. The number of carbonyl (C=O) groups excluding carboxylic acids is 1. The van der Waals surface area contributed by atoms with Gasteiger partial charge in [-0.25, -0.2) is 4.98 Å². The Balaban J connectivity index is 1.71. The van der Waals surface area contributed by atoms with E-state index in [1.54, 1.807) is 30.3 Å². The van der Waals surface area contributed by atoms with Crippen LogP contribution in [0.15, 0.2) is 59.9 Å². The Morgan fingerprint density at radius 3 is 2.71 bits per heavy atom. The molecule has 3 rings (SSSR count). The van der Waals surface area contributed by atoms with E-state index in [0.29, 0.717) is 5.56 Å². The van der Waals surface area contributed by atoms with E-state index >= 15 is 0 Å². The Morgan fingerprint density at radius 2 is 2.04 bits per heavy atom. The summed E-state index contributed by atoms with van der Waals surface area (Å²) in [7, 11) is 0. The molecule has 6 nitrogen and oxygen atoms in total. The highest BCUT2D eigenvalue weighted by molar-refractivity contribution is 7.13. The van der Waals surface area contributed by atoms with Crippen molar-refractivity contribution in [3.63, 3.8) is 0 Å². The van der Waals surface area contributed by atoms with Crippen LogP contribution in [-0.4, -0.2) is 29.0 Å². The molecule has 1 atom stereocenters. The number of anilines is 2. The van der Waals surface area contributed by atoms with E-state index in [4.69, 9.17) is 15.3 Å². The predicted molar refractivity (Wildman–Crippen MR) is 113 cm³/mol. The summed E-state index contributed by atoms with van der Waals surface area (Å²) in [6.45, 7) is -2.28. The Hall–Kier alpha value is -2.74. The van der Waals surface area contributed by atoms with Crippen LogP contribution >= 0.6 is 11.3 Å². The average Bonchev–Trinajstić information content (AvgIpc) is 3.13. The van der Waals surface area contributed by atoms with Gasteiger partial charge in [0.2, 0.25) is 5.91 Å². The number of carbonyl (C=O) groups is 1. The zero-order valence-corrected chi connectivity index (χ0v) is 15.7. The van der Waals surface area contributed by atoms with E-state index in [0.717, 1.165) is 11.3 Å². The van der Waals surface area contributed by atoms with Crippen molar-refractivity contribution in [2.24, 2.45) is 0 Å². The quantitative estimate of drug-likeness (QED) is 0.440. The molecule has 0 spiro atoms. The highest BCUT2D eigenvalue weighted by atomic mass is 32.1. The van der Waals surface area contributed by atoms with Crippen LogP contribution in [-0.2, 0) is 17.6 Å². The number of nitrogens with zero attached hydrogens (tertiary/aromatic N) is 1. The second-order valence-corrected chi connectivity index (χ2v) is 6.64. The Bertz CT molecular complexity index is 1200. The zero-order valence-electron chi connectivity index (χ0n) is 21.9. The first kappa shape index (κ1) is 12.7. The fourth-order valence-corrected chi connectivity index (χ4v) is 2.80. The molecule has 0 aliphatic heterocycles. The Kier molecular flexibility index (Phi) is 4.52. The van der Waals surface area contributed by atoms with Crippen molar-refractivity contribution in [1.29, 1.82) is 0 Å². The van der Waals surface area contributed by atoms with Gasteiger partial charge in [0.25, 0.3) is 0 Å². The van der Waals surface area contributed by atoms with Gasteiger partial charge in [-0.2, -0.15) is 0 Å². The van der Waals surface area contributed by atoms with Crippen LogP contribution in [0, 0.1) is 0 Å². The number of aromatic nitrogens is 1. The molecule has 0 unspecified atom stereocenters. The third-order valence-electron chi connectivity index (χ3n) is 3.64. The summed E-state index contributed by atoms with van der Waals surface area (Å²) >= 11 is 0.911. The van der Waals surface area contributed by atoms with E-state index in [9.17, 15) is 9.90 Å². The smallest absolute Gasteiger partial charge is 0.230 e. The van der Waals surface area contributed by atoms with Crippen LogP contribution in [0.25, 0.3) is 0 Å².